The summed E-state index contributed by atoms with van der Waals surface area (Å²) < 4.78 is 3.83. The highest BCUT2D eigenvalue weighted by Crippen LogP contribution is 2.05. The van der Waals surface area contributed by atoms with Gasteiger partial charge in [-0.3, -0.25) is 4.79 Å². The highest BCUT2D eigenvalue weighted by Gasteiger charge is 2.00. The van der Waals surface area contributed by atoms with Crippen LogP contribution in [0, 0.1) is 0 Å². The Morgan fingerprint density at radius 3 is 2.89 bits per heavy atom. The van der Waals surface area contributed by atoms with Crippen molar-refractivity contribution in [2.45, 2.75) is 0 Å². The molecule has 0 aliphatic heterocycles. The Morgan fingerprint density at radius 1 is 1.32 bits per heavy atom. The predicted octanol–water partition coefficient (Wildman–Crippen LogP) is 1.78. The SMILES string of the molecule is O=C(CNc1ncns1)NC/C=C/c1ccccc1. The highest BCUT2D eigenvalue weighted by atomic mass is 32.1. The number of amides is 1. The highest BCUT2D eigenvalue weighted by molar-refractivity contribution is 7.09. The standard InChI is InChI=1S/C13H14N4OS/c18-12(9-15-13-16-10-17-19-13)14-8-4-7-11-5-2-1-3-6-11/h1-7,10H,8-9H2,(H,14,18)(H,15,16,17)/b7-4+. The average Bonchev–Trinajstić information content (AvgIpc) is 2.96. The van der Waals surface area contributed by atoms with E-state index >= 15 is 0 Å². The normalized spacial score (nSPS) is 10.5. The van der Waals surface area contributed by atoms with Gasteiger partial charge in [-0.15, -0.1) is 0 Å². The minimum absolute atomic E-state index is 0.0760. The van der Waals surface area contributed by atoms with Crippen molar-refractivity contribution in [2.24, 2.45) is 0 Å². The maximum atomic E-state index is 11.5. The molecule has 2 N–H and O–H groups in total. The van der Waals surface area contributed by atoms with Crippen LogP contribution < -0.4 is 10.6 Å². The van der Waals surface area contributed by atoms with Crippen molar-refractivity contribution >= 4 is 28.6 Å². The minimum atomic E-state index is -0.0760. The van der Waals surface area contributed by atoms with Crippen molar-refractivity contribution in [1.29, 1.82) is 0 Å². The number of rotatable bonds is 6. The first-order valence-electron chi connectivity index (χ1n) is 5.83. The van der Waals surface area contributed by atoms with E-state index in [2.05, 4.69) is 20.0 Å². The van der Waals surface area contributed by atoms with Crippen LogP contribution in [0.1, 0.15) is 5.56 Å². The number of nitrogens with one attached hydrogen (secondary N) is 2. The molecule has 0 unspecified atom stereocenters. The van der Waals surface area contributed by atoms with Gasteiger partial charge in [0.1, 0.15) is 6.33 Å². The van der Waals surface area contributed by atoms with Crippen molar-refractivity contribution < 1.29 is 4.79 Å². The molecule has 2 rings (SSSR count). The van der Waals surface area contributed by atoms with Gasteiger partial charge in [0.05, 0.1) is 6.54 Å². The van der Waals surface area contributed by atoms with Crippen molar-refractivity contribution in [1.82, 2.24) is 14.7 Å². The van der Waals surface area contributed by atoms with E-state index in [1.165, 1.54) is 17.9 Å². The summed E-state index contributed by atoms with van der Waals surface area (Å²) in [5, 5.41) is 6.32. The molecular weight excluding hydrogens is 260 g/mol. The van der Waals surface area contributed by atoms with Gasteiger partial charge in [-0.25, -0.2) is 4.98 Å². The predicted molar refractivity (Wildman–Crippen MR) is 76.9 cm³/mol. The van der Waals surface area contributed by atoms with Gasteiger partial charge in [0.2, 0.25) is 11.0 Å². The third-order valence-electron chi connectivity index (χ3n) is 2.29. The first-order valence-corrected chi connectivity index (χ1v) is 6.61. The third kappa shape index (κ3) is 4.89. The molecule has 0 atom stereocenters. The van der Waals surface area contributed by atoms with Crippen LogP contribution >= 0.6 is 11.5 Å². The van der Waals surface area contributed by atoms with E-state index in [0.717, 1.165) is 5.56 Å². The monoisotopic (exact) mass is 274 g/mol. The summed E-state index contributed by atoms with van der Waals surface area (Å²) in [6, 6.07) is 9.94. The molecule has 6 heteroatoms. The zero-order valence-corrected chi connectivity index (χ0v) is 11.1. The first-order chi connectivity index (χ1) is 9.34. The summed E-state index contributed by atoms with van der Waals surface area (Å²) >= 11 is 1.22. The lowest BCUT2D eigenvalue weighted by Crippen LogP contribution is -2.29. The third-order valence-corrected chi connectivity index (χ3v) is 2.91. The maximum Gasteiger partial charge on any atom is 0.239 e. The summed E-state index contributed by atoms with van der Waals surface area (Å²) in [6.45, 7) is 0.708. The lowest BCUT2D eigenvalue weighted by molar-refractivity contribution is -0.119. The van der Waals surface area contributed by atoms with Gasteiger partial charge in [0.25, 0.3) is 0 Å². The molecule has 0 aliphatic carbocycles. The molecule has 1 aromatic carbocycles. The maximum absolute atomic E-state index is 11.5. The number of hydrogen-bond acceptors (Lipinski definition) is 5. The molecule has 1 aromatic heterocycles. The summed E-state index contributed by atoms with van der Waals surface area (Å²) in [5.41, 5.74) is 1.11. The fraction of sp³-hybridized carbons (Fsp3) is 0.154. The fourth-order valence-corrected chi connectivity index (χ4v) is 1.83. The van der Waals surface area contributed by atoms with Gasteiger partial charge < -0.3 is 10.6 Å². The largest absolute Gasteiger partial charge is 0.351 e. The topological polar surface area (TPSA) is 66.9 Å². The Bertz CT molecular complexity index is 525. The van der Waals surface area contributed by atoms with Crippen LogP contribution in [0.4, 0.5) is 5.13 Å². The Labute approximate surface area is 115 Å². The molecule has 1 heterocycles. The molecule has 0 radical (unpaired) electrons. The number of aromatic nitrogens is 2. The number of nitrogens with zero attached hydrogens (tertiary/aromatic N) is 2. The van der Waals surface area contributed by atoms with Crippen LogP contribution in [-0.2, 0) is 4.79 Å². The summed E-state index contributed by atoms with van der Waals surface area (Å²) in [4.78, 5) is 15.4. The Morgan fingerprint density at radius 2 is 2.16 bits per heavy atom. The van der Waals surface area contributed by atoms with Gasteiger partial charge in [0, 0.05) is 18.1 Å². The number of benzene rings is 1. The van der Waals surface area contributed by atoms with Gasteiger partial charge in [-0.05, 0) is 5.56 Å². The van der Waals surface area contributed by atoms with Crippen molar-refractivity contribution in [3.05, 3.63) is 48.3 Å². The molecule has 0 fully saturated rings. The molecular formula is C13H14N4OS. The molecule has 0 saturated heterocycles. The lowest BCUT2D eigenvalue weighted by Gasteiger charge is -2.02. The second-order valence-corrected chi connectivity index (χ2v) is 4.50. The van der Waals surface area contributed by atoms with Crippen LogP contribution in [-0.4, -0.2) is 28.4 Å². The van der Waals surface area contributed by atoms with Crippen LogP contribution in [0.5, 0.6) is 0 Å². The summed E-state index contributed by atoms with van der Waals surface area (Å²) in [5.74, 6) is -0.0760. The fourth-order valence-electron chi connectivity index (χ4n) is 1.40. The Kier molecular flexibility index (Phi) is 5.06. The Balaban J connectivity index is 1.65. The van der Waals surface area contributed by atoms with Gasteiger partial charge in [-0.1, -0.05) is 42.5 Å². The second-order valence-electron chi connectivity index (χ2n) is 3.72. The van der Waals surface area contributed by atoms with Crippen molar-refractivity contribution in [3.8, 4) is 0 Å². The van der Waals surface area contributed by atoms with Crippen molar-refractivity contribution in [3.63, 3.8) is 0 Å². The Hall–Kier alpha value is -2.21. The second kappa shape index (κ2) is 7.27. The summed E-state index contributed by atoms with van der Waals surface area (Å²) in [7, 11) is 0. The van der Waals surface area contributed by atoms with Crippen LogP contribution in [0.15, 0.2) is 42.7 Å². The van der Waals surface area contributed by atoms with Crippen LogP contribution in [0.25, 0.3) is 6.08 Å². The number of carbonyl (C=O) groups is 1. The van der Waals surface area contributed by atoms with E-state index in [4.69, 9.17) is 0 Å². The van der Waals surface area contributed by atoms with Gasteiger partial charge in [-0.2, -0.15) is 4.37 Å². The molecule has 1 amide bonds. The first kappa shape index (κ1) is 13.2. The number of anilines is 1. The van der Waals surface area contributed by atoms with E-state index in [1.54, 1.807) is 0 Å². The molecule has 19 heavy (non-hydrogen) atoms. The molecule has 98 valence electrons. The van der Waals surface area contributed by atoms with Gasteiger partial charge in [0.15, 0.2) is 0 Å². The molecule has 2 aromatic rings. The van der Waals surface area contributed by atoms with E-state index in [9.17, 15) is 4.79 Å². The quantitative estimate of drug-likeness (QED) is 0.842. The molecule has 5 nitrogen and oxygen atoms in total. The molecule has 0 spiro atoms. The minimum Gasteiger partial charge on any atom is -0.351 e. The van der Waals surface area contributed by atoms with E-state index < -0.39 is 0 Å². The lowest BCUT2D eigenvalue weighted by atomic mass is 10.2. The number of carbonyl (C=O) groups excluding carboxylic acids is 1. The van der Waals surface area contributed by atoms with Crippen LogP contribution in [0.3, 0.4) is 0 Å². The van der Waals surface area contributed by atoms with Crippen molar-refractivity contribution in [2.75, 3.05) is 18.4 Å². The molecule has 0 bridgehead atoms. The number of hydrogen-bond donors (Lipinski definition) is 2. The zero-order valence-electron chi connectivity index (χ0n) is 10.2. The molecule has 0 saturated carbocycles. The van der Waals surface area contributed by atoms with Crippen LogP contribution in [0.2, 0.25) is 0 Å². The van der Waals surface area contributed by atoms with E-state index in [1.807, 2.05) is 42.5 Å². The van der Waals surface area contributed by atoms with E-state index in [0.29, 0.717) is 11.7 Å². The zero-order chi connectivity index (χ0) is 13.3. The smallest absolute Gasteiger partial charge is 0.239 e. The molecule has 0 aliphatic rings. The van der Waals surface area contributed by atoms with Gasteiger partial charge >= 0.3 is 0 Å². The van der Waals surface area contributed by atoms with E-state index in [-0.39, 0.29) is 12.5 Å². The average molecular weight is 274 g/mol. The summed E-state index contributed by atoms with van der Waals surface area (Å²) in [6.07, 6.45) is 5.34.